The molecule has 0 N–H and O–H groups in total. The molecule has 1 saturated heterocycles. The first-order valence-corrected chi connectivity index (χ1v) is 8.81. The lowest BCUT2D eigenvalue weighted by Crippen LogP contribution is -2.29. The molecule has 3 rings (SSSR count). The average Bonchev–Trinajstić information content (AvgIpc) is 2.83. The Morgan fingerprint density at radius 2 is 1.90 bits per heavy atom. The van der Waals surface area contributed by atoms with E-state index in [4.69, 9.17) is 0 Å². The van der Waals surface area contributed by atoms with Crippen LogP contribution in [0.25, 0.3) is 0 Å². The van der Waals surface area contributed by atoms with Crippen LogP contribution in [-0.4, -0.2) is 24.5 Å². The molecule has 2 aliphatic rings. The zero-order valence-corrected chi connectivity index (χ0v) is 14.2. The predicted molar refractivity (Wildman–Crippen MR) is 90.6 cm³/mol. The molecule has 1 nitrogen and oxygen atoms in total. The van der Waals surface area contributed by atoms with Gasteiger partial charge >= 0.3 is 0 Å². The topological polar surface area (TPSA) is 3.24 Å². The Morgan fingerprint density at radius 3 is 2.52 bits per heavy atom. The summed E-state index contributed by atoms with van der Waals surface area (Å²) in [6.45, 7) is 13.4. The Kier molecular flexibility index (Phi) is 4.14. The Bertz CT molecular complexity index is 478. The minimum absolute atomic E-state index is 0.473. The van der Waals surface area contributed by atoms with Crippen LogP contribution in [0, 0.1) is 24.7 Å². The molecule has 1 aromatic rings. The summed E-state index contributed by atoms with van der Waals surface area (Å²) in [5, 5.41) is 0. The molecule has 2 atom stereocenters. The number of fused-ring (bicyclic) bond motifs is 1. The summed E-state index contributed by atoms with van der Waals surface area (Å²) in [5.41, 5.74) is 3.46. The van der Waals surface area contributed by atoms with E-state index in [1.54, 1.807) is 5.56 Å². The van der Waals surface area contributed by atoms with Crippen LogP contribution in [0.3, 0.4) is 0 Å². The fourth-order valence-corrected chi connectivity index (χ4v) is 4.44. The van der Waals surface area contributed by atoms with Gasteiger partial charge in [-0.25, -0.2) is 0 Å². The van der Waals surface area contributed by atoms with Crippen LogP contribution in [0.4, 0.5) is 0 Å². The van der Waals surface area contributed by atoms with Gasteiger partial charge in [-0.15, -0.1) is 0 Å². The highest BCUT2D eigenvalue weighted by Crippen LogP contribution is 2.63. The van der Waals surface area contributed by atoms with Crippen molar-refractivity contribution in [1.82, 2.24) is 4.90 Å². The number of rotatable bonds is 6. The van der Waals surface area contributed by atoms with Gasteiger partial charge in [0.1, 0.15) is 0 Å². The summed E-state index contributed by atoms with van der Waals surface area (Å²) < 4.78 is 0. The van der Waals surface area contributed by atoms with Crippen molar-refractivity contribution >= 4 is 0 Å². The predicted octanol–water partition coefficient (Wildman–Crippen LogP) is 4.64. The molecule has 2 unspecified atom stereocenters. The van der Waals surface area contributed by atoms with Crippen LogP contribution >= 0.6 is 0 Å². The molecule has 0 amide bonds. The van der Waals surface area contributed by atoms with Crippen LogP contribution < -0.4 is 0 Å². The monoisotopic (exact) mass is 285 g/mol. The fraction of sp³-hybridized carbons (Fsp3) is 0.700. The molecule has 2 fully saturated rings. The Morgan fingerprint density at radius 1 is 1.19 bits per heavy atom. The number of likely N-dealkylation sites (tertiary alicyclic amines) is 1. The van der Waals surface area contributed by atoms with Crippen LogP contribution in [0.1, 0.15) is 51.2 Å². The molecule has 116 valence electrons. The minimum atomic E-state index is 0.473. The summed E-state index contributed by atoms with van der Waals surface area (Å²) >= 11 is 0. The molecule has 0 bridgehead atoms. The highest BCUT2D eigenvalue weighted by atomic mass is 15.2. The number of aryl methyl sites for hydroxylation is 1. The van der Waals surface area contributed by atoms with Gasteiger partial charge < -0.3 is 4.90 Å². The maximum Gasteiger partial charge on any atom is 0.00218 e. The molecular formula is C20H31N. The third-order valence-electron chi connectivity index (χ3n) is 5.97. The van der Waals surface area contributed by atoms with Gasteiger partial charge in [0.15, 0.2) is 0 Å². The molecule has 21 heavy (non-hydrogen) atoms. The largest absolute Gasteiger partial charge is 0.303 e. The van der Waals surface area contributed by atoms with Crippen LogP contribution in [0.5, 0.6) is 0 Å². The van der Waals surface area contributed by atoms with Crippen molar-refractivity contribution in [3.8, 4) is 0 Å². The maximum atomic E-state index is 2.72. The lowest BCUT2D eigenvalue weighted by Gasteiger charge is -2.24. The van der Waals surface area contributed by atoms with E-state index in [1.165, 1.54) is 44.5 Å². The van der Waals surface area contributed by atoms with E-state index in [1.807, 2.05) is 0 Å². The summed E-state index contributed by atoms with van der Waals surface area (Å²) in [4.78, 5) is 2.72. The van der Waals surface area contributed by atoms with E-state index in [2.05, 4.69) is 56.9 Å². The van der Waals surface area contributed by atoms with Gasteiger partial charge in [0.05, 0.1) is 0 Å². The fourth-order valence-electron chi connectivity index (χ4n) is 4.44. The van der Waals surface area contributed by atoms with Gasteiger partial charge in [0, 0.05) is 18.5 Å². The molecule has 1 saturated carbocycles. The Balaban J connectivity index is 1.49. The van der Waals surface area contributed by atoms with Crippen molar-refractivity contribution in [2.45, 2.75) is 52.4 Å². The second-order valence-corrected chi connectivity index (χ2v) is 8.01. The van der Waals surface area contributed by atoms with Crippen molar-refractivity contribution in [3.05, 3.63) is 35.4 Å². The van der Waals surface area contributed by atoms with Gasteiger partial charge in [-0.1, -0.05) is 63.4 Å². The molecular weight excluding hydrogens is 254 g/mol. The standard InChI is InChI=1S/C20H31N/c1-15(2)8-5-6-11-21-13-18-19(14-21)20(18,4)17-10-7-9-16(3)12-17/h7,9-10,12,15,18-19H,5-6,8,11,13-14H2,1-4H3. The number of unbranched alkanes of at least 4 members (excludes halogenated alkanes) is 1. The lowest BCUT2D eigenvalue weighted by atomic mass is 9.91. The van der Waals surface area contributed by atoms with Crippen molar-refractivity contribution < 1.29 is 0 Å². The normalized spacial score (nSPS) is 31.7. The average molecular weight is 285 g/mol. The van der Waals surface area contributed by atoms with E-state index >= 15 is 0 Å². The van der Waals surface area contributed by atoms with Crippen molar-refractivity contribution in [2.75, 3.05) is 19.6 Å². The van der Waals surface area contributed by atoms with Crippen LogP contribution in [0.2, 0.25) is 0 Å². The van der Waals surface area contributed by atoms with Crippen molar-refractivity contribution in [3.63, 3.8) is 0 Å². The van der Waals surface area contributed by atoms with Gasteiger partial charge in [-0.2, -0.15) is 0 Å². The first kappa shape index (κ1) is 15.1. The number of hydrogen-bond acceptors (Lipinski definition) is 1. The molecule has 0 spiro atoms. The molecule has 0 radical (unpaired) electrons. The van der Waals surface area contributed by atoms with Gasteiger partial charge in [-0.05, 0) is 43.2 Å². The zero-order chi connectivity index (χ0) is 15.0. The van der Waals surface area contributed by atoms with Crippen LogP contribution in [-0.2, 0) is 5.41 Å². The number of nitrogens with zero attached hydrogens (tertiary/aromatic N) is 1. The maximum absolute atomic E-state index is 2.72. The highest BCUT2D eigenvalue weighted by molar-refractivity contribution is 5.39. The van der Waals surface area contributed by atoms with E-state index < -0.39 is 0 Å². The van der Waals surface area contributed by atoms with E-state index in [9.17, 15) is 0 Å². The molecule has 1 heteroatoms. The zero-order valence-electron chi connectivity index (χ0n) is 14.2. The lowest BCUT2D eigenvalue weighted by molar-refractivity contribution is 0.269. The Labute approximate surface area is 130 Å². The van der Waals surface area contributed by atoms with Gasteiger partial charge in [0.2, 0.25) is 0 Å². The summed E-state index contributed by atoms with van der Waals surface area (Å²) in [6.07, 6.45) is 4.18. The van der Waals surface area contributed by atoms with Crippen molar-refractivity contribution in [2.24, 2.45) is 17.8 Å². The van der Waals surface area contributed by atoms with Gasteiger partial charge in [-0.3, -0.25) is 0 Å². The quantitative estimate of drug-likeness (QED) is 0.688. The Hall–Kier alpha value is -0.820. The summed E-state index contributed by atoms with van der Waals surface area (Å²) in [5.74, 6) is 2.68. The third kappa shape index (κ3) is 2.90. The van der Waals surface area contributed by atoms with E-state index in [-0.39, 0.29) is 0 Å². The second-order valence-electron chi connectivity index (χ2n) is 8.01. The molecule has 1 aromatic carbocycles. The summed E-state index contributed by atoms with van der Waals surface area (Å²) in [7, 11) is 0. The highest BCUT2D eigenvalue weighted by Gasteiger charge is 2.65. The second kappa shape index (κ2) is 5.76. The number of benzene rings is 1. The van der Waals surface area contributed by atoms with E-state index in [0.717, 1.165) is 17.8 Å². The molecule has 1 aliphatic heterocycles. The first-order chi connectivity index (χ1) is 10.0. The van der Waals surface area contributed by atoms with Crippen molar-refractivity contribution in [1.29, 1.82) is 0 Å². The third-order valence-corrected chi connectivity index (χ3v) is 5.97. The molecule has 0 aromatic heterocycles. The summed E-state index contributed by atoms with van der Waals surface area (Å²) in [6, 6.07) is 9.20. The molecule has 1 heterocycles. The minimum Gasteiger partial charge on any atom is -0.303 e. The SMILES string of the molecule is Cc1cccc(C2(C)C3CN(CCCCC(C)C)CC32)c1. The van der Waals surface area contributed by atoms with Crippen LogP contribution in [0.15, 0.2) is 24.3 Å². The number of hydrogen-bond donors (Lipinski definition) is 0. The van der Waals surface area contributed by atoms with E-state index in [0.29, 0.717) is 5.41 Å². The smallest absolute Gasteiger partial charge is 0.00218 e. The number of piperidine rings is 1. The first-order valence-electron chi connectivity index (χ1n) is 8.81. The molecule has 1 aliphatic carbocycles. The van der Waals surface area contributed by atoms with Gasteiger partial charge in [0.25, 0.3) is 0 Å².